The highest BCUT2D eigenvalue weighted by atomic mass is 15.1. The van der Waals surface area contributed by atoms with Gasteiger partial charge in [-0.1, -0.05) is 44.2 Å². The van der Waals surface area contributed by atoms with Gasteiger partial charge >= 0.3 is 0 Å². The third kappa shape index (κ3) is 3.24. The molecule has 0 amide bonds. The summed E-state index contributed by atoms with van der Waals surface area (Å²) in [4.78, 5) is 0. The topological polar surface area (TPSA) is 28.7 Å². The second-order valence-corrected chi connectivity index (χ2v) is 3.19. The van der Waals surface area contributed by atoms with E-state index in [9.17, 15) is 0 Å². The van der Waals surface area contributed by atoms with Gasteiger partial charge in [0.25, 0.3) is 0 Å². The van der Waals surface area contributed by atoms with E-state index in [1.54, 1.807) is 0 Å². The van der Waals surface area contributed by atoms with Crippen LogP contribution in [0.2, 0.25) is 0 Å². The number of aromatic amines is 1. The van der Waals surface area contributed by atoms with Gasteiger partial charge in [-0.25, -0.2) is 0 Å². The molecule has 0 spiro atoms. The van der Waals surface area contributed by atoms with Gasteiger partial charge in [-0.15, -0.1) is 0 Å². The van der Waals surface area contributed by atoms with Crippen molar-refractivity contribution < 1.29 is 0 Å². The quantitative estimate of drug-likeness (QED) is 0.795. The largest absolute Gasteiger partial charge is 0.282 e. The summed E-state index contributed by atoms with van der Waals surface area (Å²) in [7, 11) is 0. The Labute approximate surface area is 91.4 Å². The van der Waals surface area contributed by atoms with E-state index < -0.39 is 0 Å². The monoisotopic (exact) mass is 202 g/mol. The molecule has 1 heterocycles. The van der Waals surface area contributed by atoms with Crippen molar-refractivity contribution in [3.63, 3.8) is 0 Å². The summed E-state index contributed by atoms with van der Waals surface area (Å²) < 4.78 is 0. The zero-order chi connectivity index (χ0) is 11.1. The number of hydrogen-bond acceptors (Lipinski definition) is 1. The molecular formula is C13H18N2. The lowest BCUT2D eigenvalue weighted by molar-refractivity contribution is 0.991. The van der Waals surface area contributed by atoms with Crippen LogP contribution in [0.25, 0.3) is 0 Å². The van der Waals surface area contributed by atoms with Gasteiger partial charge in [0, 0.05) is 12.1 Å². The van der Waals surface area contributed by atoms with Gasteiger partial charge < -0.3 is 0 Å². The minimum absolute atomic E-state index is 0.937. The lowest BCUT2D eigenvalue weighted by atomic mass is 10.1. The van der Waals surface area contributed by atoms with E-state index in [-0.39, 0.29) is 0 Å². The fraction of sp³-hybridized carbons (Fsp3) is 0.308. The number of H-pyrrole nitrogens is 1. The summed E-state index contributed by atoms with van der Waals surface area (Å²) in [5, 5.41) is 7.00. The smallest absolute Gasteiger partial charge is 0.0519 e. The van der Waals surface area contributed by atoms with Crippen LogP contribution in [0, 0.1) is 6.92 Å². The van der Waals surface area contributed by atoms with Crippen molar-refractivity contribution in [3.05, 3.63) is 53.3 Å². The van der Waals surface area contributed by atoms with Gasteiger partial charge in [0.05, 0.1) is 6.20 Å². The SMILES string of the molecule is CC.Cc1cn[nH]c1Cc1ccccc1. The van der Waals surface area contributed by atoms with Crippen LogP contribution in [0.3, 0.4) is 0 Å². The van der Waals surface area contributed by atoms with Crippen molar-refractivity contribution in [1.29, 1.82) is 0 Å². The van der Waals surface area contributed by atoms with Crippen molar-refractivity contribution in [2.45, 2.75) is 27.2 Å². The predicted molar refractivity (Wildman–Crippen MR) is 63.9 cm³/mol. The van der Waals surface area contributed by atoms with Crippen molar-refractivity contribution >= 4 is 0 Å². The molecule has 0 saturated carbocycles. The Morgan fingerprint density at radius 3 is 2.33 bits per heavy atom. The van der Waals surface area contributed by atoms with E-state index in [0.717, 1.165) is 6.42 Å². The first-order valence-corrected chi connectivity index (χ1v) is 5.39. The Morgan fingerprint density at radius 1 is 1.13 bits per heavy atom. The summed E-state index contributed by atoms with van der Waals surface area (Å²) >= 11 is 0. The van der Waals surface area contributed by atoms with Crippen LogP contribution in [0.4, 0.5) is 0 Å². The highest BCUT2D eigenvalue weighted by Crippen LogP contribution is 2.09. The number of benzene rings is 1. The Hall–Kier alpha value is -1.57. The Balaban J connectivity index is 0.000000531. The van der Waals surface area contributed by atoms with E-state index in [1.807, 2.05) is 26.1 Å². The fourth-order valence-corrected chi connectivity index (χ4v) is 1.35. The normalized spacial score (nSPS) is 9.27. The number of aryl methyl sites for hydroxylation is 1. The summed E-state index contributed by atoms with van der Waals surface area (Å²) in [6, 6.07) is 10.4. The molecule has 0 aliphatic carbocycles. The Morgan fingerprint density at radius 2 is 1.80 bits per heavy atom. The molecule has 0 aliphatic heterocycles. The van der Waals surface area contributed by atoms with Crippen molar-refractivity contribution in [3.8, 4) is 0 Å². The fourth-order valence-electron chi connectivity index (χ4n) is 1.35. The maximum atomic E-state index is 3.99. The van der Waals surface area contributed by atoms with Gasteiger partial charge in [-0.3, -0.25) is 5.10 Å². The molecular weight excluding hydrogens is 184 g/mol. The molecule has 1 aromatic carbocycles. The molecule has 2 nitrogen and oxygen atoms in total. The molecule has 1 N–H and O–H groups in total. The molecule has 0 bridgehead atoms. The van der Waals surface area contributed by atoms with Gasteiger partial charge in [-0.05, 0) is 18.1 Å². The van der Waals surface area contributed by atoms with E-state index in [4.69, 9.17) is 0 Å². The molecule has 1 aromatic heterocycles. The minimum atomic E-state index is 0.937. The molecule has 2 aromatic rings. The van der Waals surface area contributed by atoms with Crippen molar-refractivity contribution in [2.75, 3.05) is 0 Å². The molecule has 0 unspecified atom stereocenters. The van der Waals surface area contributed by atoms with Crippen LogP contribution < -0.4 is 0 Å². The third-order valence-electron chi connectivity index (χ3n) is 2.16. The summed E-state index contributed by atoms with van der Waals surface area (Å²) in [6.45, 7) is 6.07. The molecule has 2 heteroatoms. The Kier molecular flexibility index (Phi) is 4.61. The number of rotatable bonds is 2. The first kappa shape index (κ1) is 11.5. The maximum absolute atomic E-state index is 3.99. The van der Waals surface area contributed by atoms with Crippen LogP contribution in [-0.2, 0) is 6.42 Å². The van der Waals surface area contributed by atoms with Gasteiger partial charge in [0.15, 0.2) is 0 Å². The second kappa shape index (κ2) is 6.02. The molecule has 15 heavy (non-hydrogen) atoms. The highest BCUT2D eigenvalue weighted by Gasteiger charge is 2.00. The van der Waals surface area contributed by atoms with Gasteiger partial charge in [0.1, 0.15) is 0 Å². The number of hydrogen-bond donors (Lipinski definition) is 1. The van der Waals surface area contributed by atoms with E-state index in [2.05, 4.69) is 41.4 Å². The summed E-state index contributed by atoms with van der Waals surface area (Å²) in [5.41, 5.74) is 3.74. The van der Waals surface area contributed by atoms with Gasteiger partial charge in [0.2, 0.25) is 0 Å². The number of nitrogens with one attached hydrogen (secondary N) is 1. The lowest BCUT2D eigenvalue weighted by Crippen LogP contribution is -1.89. The molecule has 0 aliphatic rings. The van der Waals surface area contributed by atoms with Crippen LogP contribution in [-0.4, -0.2) is 10.2 Å². The molecule has 0 radical (unpaired) electrons. The van der Waals surface area contributed by atoms with E-state index >= 15 is 0 Å². The maximum Gasteiger partial charge on any atom is 0.0519 e. The van der Waals surface area contributed by atoms with Crippen LogP contribution in [0.1, 0.15) is 30.7 Å². The zero-order valence-electron chi connectivity index (χ0n) is 9.62. The lowest BCUT2D eigenvalue weighted by Gasteiger charge is -1.98. The van der Waals surface area contributed by atoms with Gasteiger partial charge in [-0.2, -0.15) is 5.10 Å². The standard InChI is InChI=1S/C11H12N2.C2H6/c1-9-8-12-13-11(9)7-10-5-3-2-4-6-10;1-2/h2-6,8H,7H2,1H3,(H,12,13);1-2H3. The van der Waals surface area contributed by atoms with Crippen LogP contribution in [0.5, 0.6) is 0 Å². The minimum Gasteiger partial charge on any atom is -0.282 e. The molecule has 80 valence electrons. The van der Waals surface area contributed by atoms with Crippen LogP contribution >= 0.6 is 0 Å². The van der Waals surface area contributed by atoms with Crippen molar-refractivity contribution in [2.24, 2.45) is 0 Å². The first-order valence-electron chi connectivity index (χ1n) is 5.39. The van der Waals surface area contributed by atoms with E-state index in [1.165, 1.54) is 16.8 Å². The average Bonchev–Trinajstić information content (AvgIpc) is 2.69. The predicted octanol–water partition coefficient (Wildman–Crippen LogP) is 3.34. The number of nitrogens with zero attached hydrogens (tertiary/aromatic N) is 1. The molecule has 0 fully saturated rings. The summed E-state index contributed by atoms with van der Waals surface area (Å²) in [6.07, 6.45) is 2.80. The third-order valence-corrected chi connectivity index (χ3v) is 2.16. The molecule has 0 atom stereocenters. The number of aromatic nitrogens is 2. The first-order chi connectivity index (χ1) is 7.36. The summed E-state index contributed by atoms with van der Waals surface area (Å²) in [5.74, 6) is 0. The highest BCUT2D eigenvalue weighted by molar-refractivity contribution is 5.24. The second-order valence-electron chi connectivity index (χ2n) is 3.19. The average molecular weight is 202 g/mol. The zero-order valence-corrected chi connectivity index (χ0v) is 9.62. The Bertz CT molecular complexity index is 376. The van der Waals surface area contributed by atoms with E-state index in [0.29, 0.717) is 0 Å². The van der Waals surface area contributed by atoms with Crippen molar-refractivity contribution in [1.82, 2.24) is 10.2 Å². The molecule has 0 saturated heterocycles. The van der Waals surface area contributed by atoms with Crippen LogP contribution in [0.15, 0.2) is 36.5 Å². The molecule has 2 rings (SSSR count).